The van der Waals surface area contributed by atoms with Crippen molar-refractivity contribution in [3.05, 3.63) is 77.0 Å². The number of rotatable bonds is 24. The number of benzene rings is 2. The van der Waals surface area contributed by atoms with Crippen molar-refractivity contribution in [1.82, 2.24) is 26.3 Å². The number of hydrogen-bond acceptors (Lipinski definition) is 14. The number of esters is 2. The lowest BCUT2D eigenvalue weighted by molar-refractivity contribution is -0.171. The molecule has 3 atom stereocenters. The molecule has 0 radical (unpaired) electrons. The smallest absolute Gasteiger partial charge is 0.407 e. The Kier molecular flexibility index (Phi) is 21.5. The van der Waals surface area contributed by atoms with Crippen LogP contribution in [-0.2, 0) is 44.8 Å². The minimum atomic E-state index is -1.37. The van der Waals surface area contributed by atoms with Gasteiger partial charge in [0.15, 0.2) is 5.76 Å². The van der Waals surface area contributed by atoms with Gasteiger partial charge >= 0.3 is 24.0 Å². The predicted molar refractivity (Wildman–Crippen MR) is 258 cm³/mol. The third kappa shape index (κ3) is 19.2. The summed E-state index contributed by atoms with van der Waals surface area (Å²) in [4.78, 5) is 110. The Morgan fingerprint density at radius 3 is 1.99 bits per heavy atom. The fraction of sp³-hybridized carbons (Fsp3) is 0.529. The van der Waals surface area contributed by atoms with Crippen LogP contribution in [0.2, 0.25) is 0 Å². The molecule has 4 N–H and O–H groups in total. The van der Waals surface area contributed by atoms with E-state index in [1.807, 2.05) is 6.92 Å². The molecule has 0 saturated heterocycles. The Morgan fingerprint density at radius 2 is 1.40 bits per heavy atom. The van der Waals surface area contributed by atoms with E-state index in [-0.39, 0.29) is 54.6 Å². The van der Waals surface area contributed by atoms with Crippen molar-refractivity contribution in [2.75, 3.05) is 13.3 Å². The summed E-state index contributed by atoms with van der Waals surface area (Å²) in [7, 11) is 0. The molecule has 0 bridgehead atoms. The zero-order chi connectivity index (χ0) is 52.4. The first-order chi connectivity index (χ1) is 32.8. The van der Waals surface area contributed by atoms with Crippen molar-refractivity contribution >= 4 is 48.1 Å². The minimum absolute atomic E-state index is 0.0498. The first-order valence-corrected chi connectivity index (χ1v) is 23.5. The predicted octanol–water partition coefficient (Wildman–Crippen LogP) is 7.55. The molecule has 3 rings (SSSR count). The molecule has 0 aliphatic rings. The van der Waals surface area contributed by atoms with Gasteiger partial charge in [-0.05, 0) is 124 Å². The topological polar surface area (TPSA) is 247 Å². The highest BCUT2D eigenvalue weighted by Crippen LogP contribution is 2.30. The summed E-state index contributed by atoms with van der Waals surface area (Å²) in [5.41, 5.74) is -1.08. The fourth-order valence-electron chi connectivity index (χ4n) is 6.85. The molecular weight excluding hydrogens is 907 g/mol. The van der Waals surface area contributed by atoms with E-state index in [1.54, 1.807) is 100 Å². The SMILES string of the molecule is CCCCCC(C(=O)NCNC(=O)c1ccc(-c2ccc(C(=O)NC(CC(=O)OC(C)(C)C)C(=O)OC(C)(C)C)c(OCC)c2)o1)[C@@H](CC)N(C=O)OC(=O)c1ccc(CNC(=O)OC(C)(C)C)cc1. The molecule has 3 aromatic rings. The lowest BCUT2D eigenvalue weighted by Crippen LogP contribution is -2.49. The van der Waals surface area contributed by atoms with E-state index in [9.17, 15) is 38.4 Å². The molecule has 384 valence electrons. The van der Waals surface area contributed by atoms with E-state index in [1.165, 1.54) is 30.3 Å². The van der Waals surface area contributed by atoms with Gasteiger partial charge in [0.05, 0.1) is 42.8 Å². The minimum Gasteiger partial charge on any atom is -0.493 e. The molecule has 2 aromatic carbocycles. The standard InChI is InChI=1S/C51H71N5O14/c1-13-16-17-18-35(38(14-2)56(31-57)70-46(62)33-21-19-32(20-22-33)29-52-48(64)69-51(10,11)12)43(59)53-30-54-45(61)40-26-25-39(66-40)34-23-24-36(41(27-34)65-15-3)44(60)55-37(47(63)68-50(7,8)9)28-42(58)67-49(4,5)6/h19-27,31,35,37-38H,13-18,28-30H2,1-12H3,(H,52,64)(H,53,59)(H,54,61)(H,55,60)/t35?,37?,38-/m1/s1. The second-order valence-corrected chi connectivity index (χ2v) is 19.4. The van der Waals surface area contributed by atoms with Crippen molar-refractivity contribution in [1.29, 1.82) is 0 Å². The second kappa shape index (κ2) is 26.2. The second-order valence-electron chi connectivity index (χ2n) is 19.4. The number of carbonyl (C=O) groups is 8. The molecule has 1 aromatic heterocycles. The molecule has 0 spiro atoms. The molecule has 5 amide bonds. The van der Waals surface area contributed by atoms with Gasteiger partial charge in [0.25, 0.3) is 11.8 Å². The average molecular weight is 978 g/mol. The number of alkyl carbamates (subject to hydrolysis) is 1. The van der Waals surface area contributed by atoms with E-state index in [0.717, 1.165) is 17.9 Å². The molecule has 2 unspecified atom stereocenters. The normalized spacial score (nSPS) is 12.8. The maximum atomic E-state index is 13.8. The molecule has 1 heterocycles. The number of hydrogen-bond donors (Lipinski definition) is 4. The third-order valence-electron chi connectivity index (χ3n) is 9.92. The quantitative estimate of drug-likeness (QED) is 0.0169. The number of ether oxygens (including phenoxy) is 4. The van der Waals surface area contributed by atoms with E-state index in [2.05, 4.69) is 21.3 Å². The van der Waals surface area contributed by atoms with Crippen molar-refractivity contribution in [3.8, 4) is 17.1 Å². The van der Waals surface area contributed by atoms with Gasteiger partial charge in [-0.15, -0.1) is 0 Å². The van der Waals surface area contributed by atoms with Crippen molar-refractivity contribution in [2.45, 2.75) is 157 Å². The molecule has 70 heavy (non-hydrogen) atoms. The van der Waals surface area contributed by atoms with E-state index >= 15 is 0 Å². The van der Waals surface area contributed by atoms with Gasteiger partial charge < -0.3 is 49.5 Å². The Balaban J connectivity index is 1.70. The van der Waals surface area contributed by atoms with Gasteiger partial charge in [0.1, 0.15) is 34.4 Å². The lowest BCUT2D eigenvalue weighted by atomic mass is 9.90. The molecular formula is C51H71N5O14. The molecule has 0 fully saturated rings. The third-order valence-corrected chi connectivity index (χ3v) is 9.92. The van der Waals surface area contributed by atoms with E-state index in [0.29, 0.717) is 30.4 Å². The zero-order valence-corrected chi connectivity index (χ0v) is 42.5. The largest absolute Gasteiger partial charge is 0.493 e. The molecule has 0 aliphatic carbocycles. The van der Waals surface area contributed by atoms with Gasteiger partial charge in [0.2, 0.25) is 12.3 Å². The van der Waals surface area contributed by atoms with Crippen molar-refractivity contribution in [3.63, 3.8) is 0 Å². The first kappa shape index (κ1) is 57.4. The van der Waals surface area contributed by atoms with Crippen LogP contribution in [-0.4, -0.2) is 95.4 Å². The summed E-state index contributed by atoms with van der Waals surface area (Å²) in [6.45, 7) is 20.8. The van der Waals surface area contributed by atoms with E-state index in [4.69, 9.17) is 28.2 Å². The van der Waals surface area contributed by atoms with Crippen LogP contribution in [0.1, 0.15) is 158 Å². The number of furan rings is 1. The highest BCUT2D eigenvalue weighted by atomic mass is 16.7. The number of nitrogens with one attached hydrogen (secondary N) is 4. The van der Waals surface area contributed by atoms with Crippen LogP contribution < -0.4 is 26.0 Å². The van der Waals surface area contributed by atoms with E-state index < -0.39 is 82.9 Å². The number of nitrogens with zero attached hydrogens (tertiary/aromatic N) is 1. The summed E-state index contributed by atoms with van der Waals surface area (Å²) in [5, 5.41) is 11.4. The highest BCUT2D eigenvalue weighted by Gasteiger charge is 2.35. The zero-order valence-electron chi connectivity index (χ0n) is 42.5. The number of carbonyl (C=O) groups excluding carboxylic acids is 8. The Morgan fingerprint density at radius 1 is 0.743 bits per heavy atom. The van der Waals surface area contributed by atoms with Gasteiger partial charge in [-0.25, -0.2) is 14.4 Å². The maximum Gasteiger partial charge on any atom is 0.407 e. The molecule has 19 heteroatoms. The lowest BCUT2D eigenvalue weighted by Gasteiger charge is -2.31. The van der Waals surface area contributed by atoms with Crippen LogP contribution in [0.5, 0.6) is 5.75 Å². The number of hydroxylamine groups is 2. The molecule has 0 saturated carbocycles. The summed E-state index contributed by atoms with van der Waals surface area (Å²) in [5.74, 6) is -4.76. The summed E-state index contributed by atoms with van der Waals surface area (Å²) in [6, 6.07) is 11.5. The fourth-order valence-corrected chi connectivity index (χ4v) is 6.85. The van der Waals surface area contributed by atoms with Gasteiger partial charge in [-0.3, -0.25) is 24.0 Å². The van der Waals surface area contributed by atoms with Crippen LogP contribution in [0.3, 0.4) is 0 Å². The highest BCUT2D eigenvalue weighted by molar-refractivity contribution is 6.00. The number of amides is 5. The van der Waals surface area contributed by atoms with Crippen LogP contribution in [0.15, 0.2) is 59.0 Å². The van der Waals surface area contributed by atoms with Crippen molar-refractivity contribution in [2.24, 2.45) is 5.92 Å². The van der Waals surface area contributed by atoms with Gasteiger partial charge in [-0.2, -0.15) is 5.06 Å². The Labute approximate surface area is 410 Å². The Hall–Kier alpha value is -6.92. The average Bonchev–Trinajstić information content (AvgIpc) is 3.76. The van der Waals surface area contributed by atoms with Crippen molar-refractivity contribution < 1.29 is 66.6 Å². The molecule has 19 nitrogen and oxygen atoms in total. The van der Waals surface area contributed by atoms with Crippen LogP contribution in [0.25, 0.3) is 11.3 Å². The number of unbranched alkanes of at least 4 members (excludes halogenated alkanes) is 2. The monoisotopic (exact) mass is 977 g/mol. The first-order valence-electron chi connectivity index (χ1n) is 23.5. The summed E-state index contributed by atoms with van der Waals surface area (Å²) in [6.07, 6.45) is 2.21. The van der Waals surface area contributed by atoms with Crippen LogP contribution >= 0.6 is 0 Å². The summed E-state index contributed by atoms with van der Waals surface area (Å²) < 4.78 is 27.8. The summed E-state index contributed by atoms with van der Waals surface area (Å²) >= 11 is 0. The Bertz CT molecular complexity index is 2270. The van der Waals surface area contributed by atoms with Crippen LogP contribution in [0, 0.1) is 5.92 Å². The van der Waals surface area contributed by atoms with Gasteiger partial charge in [0, 0.05) is 12.1 Å². The van der Waals surface area contributed by atoms with Gasteiger partial charge in [-0.1, -0.05) is 51.3 Å². The van der Waals surface area contributed by atoms with Crippen LogP contribution in [0.4, 0.5) is 4.79 Å². The maximum absolute atomic E-state index is 13.8. The molecule has 0 aliphatic heterocycles.